The summed E-state index contributed by atoms with van der Waals surface area (Å²) in [5.74, 6) is 0.0857. The smallest absolute Gasteiger partial charge is 0.220 e. The summed E-state index contributed by atoms with van der Waals surface area (Å²) in [6, 6.07) is 8.51. The summed E-state index contributed by atoms with van der Waals surface area (Å²) in [6.07, 6.45) is 1.25. The van der Waals surface area contributed by atoms with Crippen molar-refractivity contribution < 1.29 is 4.79 Å². The number of rotatable bonds is 8. The molecule has 0 heterocycles. The van der Waals surface area contributed by atoms with Gasteiger partial charge < -0.3 is 16.0 Å². The predicted molar refractivity (Wildman–Crippen MR) is 85.0 cm³/mol. The number of nitrogens with one attached hydrogen (secondary N) is 1. The van der Waals surface area contributed by atoms with Crippen LogP contribution < -0.4 is 16.0 Å². The maximum atomic E-state index is 11.6. The third kappa shape index (κ3) is 6.06. The van der Waals surface area contributed by atoms with Gasteiger partial charge in [0.15, 0.2) is 0 Å². The lowest BCUT2D eigenvalue weighted by Gasteiger charge is -2.23. The van der Waals surface area contributed by atoms with Crippen LogP contribution in [-0.4, -0.2) is 31.6 Å². The molecule has 1 atom stereocenters. The van der Waals surface area contributed by atoms with Gasteiger partial charge in [-0.1, -0.05) is 12.1 Å². The first-order valence-electron chi connectivity index (χ1n) is 7.36. The number of aryl methyl sites for hydroxylation is 1. The van der Waals surface area contributed by atoms with Gasteiger partial charge in [0.1, 0.15) is 0 Å². The highest BCUT2D eigenvalue weighted by atomic mass is 16.1. The second kappa shape index (κ2) is 8.59. The molecule has 1 aromatic carbocycles. The monoisotopic (exact) mass is 277 g/mol. The highest BCUT2D eigenvalue weighted by molar-refractivity contribution is 5.75. The number of carbonyl (C=O) groups excluding carboxylic acids is 1. The SMILES string of the molecule is CCN(CCNC(=O)CCC(C)N)c1cccc(C)c1. The Morgan fingerprint density at radius 2 is 2.20 bits per heavy atom. The standard InChI is InChI=1S/C16H27N3O/c1-4-19(15-7-5-6-13(2)12-15)11-10-18-16(20)9-8-14(3)17/h5-7,12,14H,4,8-11,17H2,1-3H3,(H,18,20). The van der Waals surface area contributed by atoms with Gasteiger partial charge in [-0.3, -0.25) is 4.79 Å². The molecule has 0 aliphatic carbocycles. The molecule has 1 amide bonds. The number of hydrogen-bond donors (Lipinski definition) is 2. The third-order valence-corrected chi connectivity index (χ3v) is 3.28. The van der Waals surface area contributed by atoms with Crippen LogP contribution in [0.15, 0.2) is 24.3 Å². The maximum Gasteiger partial charge on any atom is 0.220 e. The van der Waals surface area contributed by atoms with Crippen molar-refractivity contribution in [1.82, 2.24) is 5.32 Å². The molecule has 0 saturated heterocycles. The van der Waals surface area contributed by atoms with Gasteiger partial charge in [0.05, 0.1) is 0 Å². The van der Waals surface area contributed by atoms with E-state index in [9.17, 15) is 4.79 Å². The van der Waals surface area contributed by atoms with E-state index < -0.39 is 0 Å². The Morgan fingerprint density at radius 1 is 1.45 bits per heavy atom. The van der Waals surface area contributed by atoms with Gasteiger partial charge in [0.2, 0.25) is 5.91 Å². The average molecular weight is 277 g/mol. The van der Waals surface area contributed by atoms with Crippen LogP contribution in [0.4, 0.5) is 5.69 Å². The van der Waals surface area contributed by atoms with Gasteiger partial charge in [-0.15, -0.1) is 0 Å². The van der Waals surface area contributed by atoms with Gasteiger partial charge in [-0.05, 0) is 44.9 Å². The molecule has 0 saturated carbocycles. The molecule has 0 radical (unpaired) electrons. The first-order chi connectivity index (χ1) is 9.52. The van der Waals surface area contributed by atoms with E-state index >= 15 is 0 Å². The second-order valence-electron chi connectivity index (χ2n) is 5.28. The van der Waals surface area contributed by atoms with Crippen molar-refractivity contribution in [2.24, 2.45) is 5.73 Å². The van der Waals surface area contributed by atoms with Crippen molar-refractivity contribution in [3.05, 3.63) is 29.8 Å². The Balaban J connectivity index is 2.37. The van der Waals surface area contributed by atoms with Crippen molar-refractivity contribution in [3.63, 3.8) is 0 Å². The molecule has 112 valence electrons. The highest BCUT2D eigenvalue weighted by Crippen LogP contribution is 2.14. The van der Waals surface area contributed by atoms with E-state index in [1.54, 1.807) is 0 Å². The van der Waals surface area contributed by atoms with E-state index in [1.807, 2.05) is 6.92 Å². The average Bonchev–Trinajstić information content (AvgIpc) is 2.41. The summed E-state index contributed by atoms with van der Waals surface area (Å²) in [7, 11) is 0. The number of likely N-dealkylation sites (N-methyl/N-ethyl adjacent to an activating group) is 1. The quantitative estimate of drug-likeness (QED) is 0.765. The highest BCUT2D eigenvalue weighted by Gasteiger charge is 2.06. The number of anilines is 1. The lowest BCUT2D eigenvalue weighted by Crippen LogP contribution is -2.35. The Kier molecular flexibility index (Phi) is 7.09. The Bertz CT molecular complexity index is 418. The Labute approximate surface area is 122 Å². The third-order valence-electron chi connectivity index (χ3n) is 3.28. The van der Waals surface area contributed by atoms with E-state index in [0.29, 0.717) is 13.0 Å². The zero-order chi connectivity index (χ0) is 15.0. The topological polar surface area (TPSA) is 58.4 Å². The lowest BCUT2D eigenvalue weighted by atomic mass is 10.2. The minimum absolute atomic E-state index is 0.0835. The van der Waals surface area contributed by atoms with Crippen LogP contribution >= 0.6 is 0 Å². The van der Waals surface area contributed by atoms with E-state index in [1.165, 1.54) is 11.3 Å². The normalized spacial score (nSPS) is 12.0. The summed E-state index contributed by atoms with van der Waals surface area (Å²) in [4.78, 5) is 13.9. The number of nitrogens with zero attached hydrogens (tertiary/aromatic N) is 1. The molecule has 20 heavy (non-hydrogen) atoms. The fourth-order valence-corrected chi connectivity index (χ4v) is 2.07. The summed E-state index contributed by atoms with van der Waals surface area (Å²) >= 11 is 0. The second-order valence-corrected chi connectivity index (χ2v) is 5.28. The fraction of sp³-hybridized carbons (Fsp3) is 0.562. The molecule has 0 bridgehead atoms. The van der Waals surface area contributed by atoms with Crippen molar-refractivity contribution in [2.45, 2.75) is 39.7 Å². The molecule has 1 rings (SSSR count). The van der Waals surface area contributed by atoms with Crippen molar-refractivity contribution in [1.29, 1.82) is 0 Å². The molecule has 1 aromatic rings. The fourth-order valence-electron chi connectivity index (χ4n) is 2.07. The zero-order valence-corrected chi connectivity index (χ0v) is 12.9. The van der Waals surface area contributed by atoms with Crippen LogP contribution in [0.5, 0.6) is 0 Å². The molecule has 1 unspecified atom stereocenters. The summed E-state index contributed by atoms with van der Waals surface area (Å²) in [5.41, 5.74) is 8.10. The molecule has 4 nitrogen and oxygen atoms in total. The minimum Gasteiger partial charge on any atom is -0.370 e. The molecule has 0 aliphatic rings. The van der Waals surface area contributed by atoms with Gasteiger partial charge in [0.25, 0.3) is 0 Å². The maximum absolute atomic E-state index is 11.6. The van der Waals surface area contributed by atoms with E-state index in [4.69, 9.17) is 5.73 Å². The first kappa shape index (κ1) is 16.5. The van der Waals surface area contributed by atoms with Gasteiger partial charge in [-0.25, -0.2) is 0 Å². The van der Waals surface area contributed by atoms with Crippen LogP contribution in [0.2, 0.25) is 0 Å². The van der Waals surface area contributed by atoms with E-state index in [-0.39, 0.29) is 11.9 Å². The summed E-state index contributed by atoms with van der Waals surface area (Å²) < 4.78 is 0. The molecule has 0 aliphatic heterocycles. The van der Waals surface area contributed by atoms with Crippen molar-refractivity contribution >= 4 is 11.6 Å². The molecule has 0 fully saturated rings. The summed E-state index contributed by atoms with van der Waals surface area (Å²) in [6.45, 7) is 8.56. The van der Waals surface area contributed by atoms with Gasteiger partial charge in [0, 0.05) is 37.8 Å². The molecule has 0 aromatic heterocycles. The molecule has 0 spiro atoms. The van der Waals surface area contributed by atoms with E-state index in [0.717, 1.165) is 19.5 Å². The lowest BCUT2D eigenvalue weighted by molar-refractivity contribution is -0.121. The number of benzene rings is 1. The number of amides is 1. The van der Waals surface area contributed by atoms with Crippen LogP contribution in [0.25, 0.3) is 0 Å². The van der Waals surface area contributed by atoms with E-state index in [2.05, 4.69) is 48.3 Å². The van der Waals surface area contributed by atoms with Crippen LogP contribution in [0.3, 0.4) is 0 Å². The molecular formula is C16H27N3O. The Hall–Kier alpha value is -1.55. The van der Waals surface area contributed by atoms with Gasteiger partial charge >= 0.3 is 0 Å². The number of hydrogen-bond acceptors (Lipinski definition) is 3. The van der Waals surface area contributed by atoms with Crippen LogP contribution in [-0.2, 0) is 4.79 Å². The van der Waals surface area contributed by atoms with Crippen molar-refractivity contribution in [2.75, 3.05) is 24.5 Å². The first-order valence-corrected chi connectivity index (χ1v) is 7.36. The zero-order valence-electron chi connectivity index (χ0n) is 12.9. The van der Waals surface area contributed by atoms with Gasteiger partial charge in [-0.2, -0.15) is 0 Å². The minimum atomic E-state index is 0.0835. The largest absolute Gasteiger partial charge is 0.370 e. The molecule has 4 heteroatoms. The summed E-state index contributed by atoms with van der Waals surface area (Å²) in [5, 5.41) is 2.95. The molecule has 3 N–H and O–H groups in total. The number of nitrogens with two attached hydrogens (primary N) is 1. The van der Waals surface area contributed by atoms with Crippen molar-refractivity contribution in [3.8, 4) is 0 Å². The number of carbonyl (C=O) groups is 1. The van der Waals surface area contributed by atoms with Crippen LogP contribution in [0, 0.1) is 6.92 Å². The van der Waals surface area contributed by atoms with Crippen LogP contribution in [0.1, 0.15) is 32.3 Å². The Morgan fingerprint density at radius 3 is 2.80 bits per heavy atom. The predicted octanol–water partition coefficient (Wildman–Crippen LogP) is 2.06. The molecular weight excluding hydrogens is 250 g/mol.